The molecular weight excluding hydrogens is 370 g/mol. The summed E-state index contributed by atoms with van der Waals surface area (Å²) < 4.78 is 5.30. The van der Waals surface area contributed by atoms with Gasteiger partial charge in [-0.3, -0.25) is 4.79 Å². The molecule has 1 aliphatic carbocycles. The second kappa shape index (κ2) is 7.98. The molecule has 4 nitrogen and oxygen atoms in total. The summed E-state index contributed by atoms with van der Waals surface area (Å²) in [4.78, 5) is 26.4. The molecule has 4 rings (SSSR count). The summed E-state index contributed by atoms with van der Waals surface area (Å²) in [6.07, 6.45) is 1.91. The van der Waals surface area contributed by atoms with Gasteiger partial charge in [0.2, 0.25) is 5.91 Å². The van der Waals surface area contributed by atoms with E-state index < -0.39 is 0 Å². The third-order valence-corrected chi connectivity index (χ3v) is 6.03. The number of rotatable bonds is 5. The number of esters is 1. The molecule has 3 aromatic rings. The van der Waals surface area contributed by atoms with Crippen LogP contribution in [0.25, 0.3) is 10.4 Å². The van der Waals surface area contributed by atoms with Crippen LogP contribution < -0.4 is 5.32 Å². The van der Waals surface area contributed by atoms with Crippen LogP contribution in [0, 0.1) is 0 Å². The van der Waals surface area contributed by atoms with Gasteiger partial charge >= 0.3 is 5.97 Å². The number of ether oxygens (including phenoxy) is 1. The highest BCUT2D eigenvalue weighted by Crippen LogP contribution is 2.45. The van der Waals surface area contributed by atoms with Crippen LogP contribution >= 0.6 is 11.3 Å². The van der Waals surface area contributed by atoms with Crippen LogP contribution in [0.2, 0.25) is 0 Å². The number of hydrogen-bond donors (Lipinski definition) is 1. The molecule has 0 spiro atoms. The van der Waals surface area contributed by atoms with E-state index in [2.05, 4.69) is 17.4 Å². The second-order valence-electron chi connectivity index (χ2n) is 6.70. The number of amides is 1. The third-order valence-electron chi connectivity index (χ3n) is 4.85. The van der Waals surface area contributed by atoms with Gasteiger partial charge in [0, 0.05) is 4.88 Å². The van der Waals surface area contributed by atoms with Crippen molar-refractivity contribution in [1.82, 2.24) is 0 Å². The summed E-state index contributed by atoms with van der Waals surface area (Å²) >= 11 is 1.46. The maximum Gasteiger partial charge on any atom is 0.341 e. The topological polar surface area (TPSA) is 55.4 Å². The van der Waals surface area contributed by atoms with Crippen molar-refractivity contribution in [1.29, 1.82) is 0 Å². The summed E-state index contributed by atoms with van der Waals surface area (Å²) in [5.41, 5.74) is 4.84. The molecule has 0 saturated heterocycles. The standard InChI is InChI=1S/C23H21NO3S/c1-2-27-23(26)20-18-13-12-16-10-6-7-11-17(16)21(18)28-22(20)24-19(25)14-15-8-4-3-5-9-15/h3-11H,2,12-14H2,1H3,(H,24,25). The minimum Gasteiger partial charge on any atom is -0.462 e. The van der Waals surface area contributed by atoms with Crippen LogP contribution in [-0.2, 0) is 28.8 Å². The molecule has 1 aromatic heterocycles. The van der Waals surface area contributed by atoms with Crippen LogP contribution in [0.3, 0.4) is 0 Å². The van der Waals surface area contributed by atoms with Crippen LogP contribution in [0.5, 0.6) is 0 Å². The van der Waals surface area contributed by atoms with E-state index in [1.54, 1.807) is 6.92 Å². The van der Waals surface area contributed by atoms with Gasteiger partial charge < -0.3 is 10.1 Å². The molecule has 0 unspecified atom stereocenters. The predicted octanol–water partition coefficient (Wildman–Crippen LogP) is 4.87. The van der Waals surface area contributed by atoms with Crippen molar-refractivity contribution in [3.8, 4) is 10.4 Å². The lowest BCUT2D eigenvalue weighted by atomic mass is 9.89. The fourth-order valence-corrected chi connectivity index (χ4v) is 4.91. The SMILES string of the molecule is CCOC(=O)c1c(NC(=O)Cc2ccccc2)sc2c1CCc1ccccc1-2. The van der Waals surface area contributed by atoms with E-state index in [-0.39, 0.29) is 18.3 Å². The van der Waals surface area contributed by atoms with Gasteiger partial charge in [0.05, 0.1) is 18.6 Å². The first-order valence-electron chi connectivity index (χ1n) is 9.42. The smallest absolute Gasteiger partial charge is 0.341 e. The van der Waals surface area contributed by atoms with E-state index in [4.69, 9.17) is 4.74 Å². The maximum atomic E-state index is 12.7. The van der Waals surface area contributed by atoms with E-state index in [0.29, 0.717) is 17.2 Å². The summed E-state index contributed by atoms with van der Waals surface area (Å²) in [5, 5.41) is 3.55. The minimum absolute atomic E-state index is 0.136. The van der Waals surface area contributed by atoms with Crippen molar-refractivity contribution in [2.75, 3.05) is 11.9 Å². The molecule has 142 valence electrons. The Balaban J connectivity index is 1.70. The van der Waals surface area contributed by atoms with Gasteiger partial charge in [0.25, 0.3) is 0 Å². The zero-order chi connectivity index (χ0) is 19.5. The number of carbonyl (C=O) groups is 2. The number of anilines is 1. The number of hydrogen-bond acceptors (Lipinski definition) is 4. The zero-order valence-electron chi connectivity index (χ0n) is 15.7. The van der Waals surface area contributed by atoms with Crippen LogP contribution in [0.4, 0.5) is 5.00 Å². The third kappa shape index (κ3) is 3.58. The van der Waals surface area contributed by atoms with Gasteiger partial charge in [-0.2, -0.15) is 0 Å². The number of carbonyl (C=O) groups excluding carboxylic acids is 2. The Hall–Kier alpha value is -2.92. The first-order chi connectivity index (χ1) is 13.7. The van der Waals surface area contributed by atoms with Crippen molar-refractivity contribution in [2.24, 2.45) is 0 Å². The molecule has 5 heteroatoms. The lowest BCUT2D eigenvalue weighted by Crippen LogP contribution is -2.17. The molecule has 0 radical (unpaired) electrons. The van der Waals surface area contributed by atoms with Crippen LogP contribution in [0.15, 0.2) is 54.6 Å². The normalized spacial score (nSPS) is 12.0. The van der Waals surface area contributed by atoms with Gasteiger partial charge in [-0.15, -0.1) is 11.3 Å². The highest BCUT2D eigenvalue weighted by molar-refractivity contribution is 7.20. The molecule has 1 amide bonds. The second-order valence-corrected chi connectivity index (χ2v) is 7.72. The lowest BCUT2D eigenvalue weighted by Gasteiger charge is -2.16. The Morgan fingerprint density at radius 2 is 1.79 bits per heavy atom. The molecule has 0 saturated carbocycles. The predicted molar refractivity (Wildman–Crippen MR) is 112 cm³/mol. The van der Waals surface area contributed by atoms with Crippen molar-refractivity contribution in [3.63, 3.8) is 0 Å². The van der Waals surface area contributed by atoms with Gasteiger partial charge in [-0.05, 0) is 42.0 Å². The van der Waals surface area contributed by atoms with E-state index in [9.17, 15) is 9.59 Å². The number of benzene rings is 2. The molecule has 1 aliphatic rings. The van der Waals surface area contributed by atoms with E-state index in [1.165, 1.54) is 16.9 Å². The molecule has 0 atom stereocenters. The lowest BCUT2D eigenvalue weighted by molar-refractivity contribution is -0.115. The molecule has 0 aliphatic heterocycles. The number of nitrogens with one attached hydrogen (secondary N) is 1. The first kappa shape index (κ1) is 18.4. The Morgan fingerprint density at radius 3 is 2.57 bits per heavy atom. The van der Waals surface area contributed by atoms with Crippen molar-refractivity contribution >= 4 is 28.2 Å². The van der Waals surface area contributed by atoms with Crippen molar-refractivity contribution in [2.45, 2.75) is 26.2 Å². The van der Waals surface area contributed by atoms with E-state index in [1.807, 2.05) is 42.5 Å². The highest BCUT2D eigenvalue weighted by atomic mass is 32.1. The van der Waals surface area contributed by atoms with Gasteiger partial charge in [0.1, 0.15) is 5.00 Å². The molecule has 2 aromatic carbocycles. The number of thiophene rings is 1. The Bertz CT molecular complexity index is 1020. The molecule has 1 N–H and O–H groups in total. The van der Waals surface area contributed by atoms with Gasteiger partial charge in [-0.25, -0.2) is 4.79 Å². The average molecular weight is 391 g/mol. The average Bonchev–Trinajstić information content (AvgIpc) is 3.07. The monoisotopic (exact) mass is 391 g/mol. The molecular formula is C23H21NO3S. The van der Waals surface area contributed by atoms with Crippen molar-refractivity contribution in [3.05, 3.63) is 76.9 Å². The fourth-order valence-electron chi connectivity index (χ4n) is 3.60. The van der Waals surface area contributed by atoms with Gasteiger partial charge in [-0.1, -0.05) is 54.6 Å². The summed E-state index contributed by atoms with van der Waals surface area (Å²) in [5.74, 6) is -0.502. The highest BCUT2D eigenvalue weighted by Gasteiger charge is 2.29. The van der Waals surface area contributed by atoms with Gasteiger partial charge in [0.15, 0.2) is 0 Å². The van der Waals surface area contributed by atoms with E-state index >= 15 is 0 Å². The minimum atomic E-state index is -0.366. The van der Waals surface area contributed by atoms with Crippen LogP contribution in [0.1, 0.15) is 34.0 Å². The summed E-state index contributed by atoms with van der Waals surface area (Å²) in [6.45, 7) is 2.09. The van der Waals surface area contributed by atoms with Crippen LogP contribution in [-0.4, -0.2) is 18.5 Å². The number of fused-ring (bicyclic) bond motifs is 3. The fraction of sp³-hybridized carbons (Fsp3) is 0.217. The summed E-state index contributed by atoms with van der Waals surface area (Å²) in [6, 6.07) is 17.8. The zero-order valence-corrected chi connectivity index (χ0v) is 16.5. The molecule has 28 heavy (non-hydrogen) atoms. The van der Waals surface area contributed by atoms with E-state index in [0.717, 1.165) is 34.4 Å². The summed E-state index contributed by atoms with van der Waals surface area (Å²) in [7, 11) is 0. The maximum absolute atomic E-state index is 12.7. The molecule has 1 heterocycles. The largest absolute Gasteiger partial charge is 0.462 e. The Kier molecular flexibility index (Phi) is 5.26. The molecule has 0 fully saturated rings. The Morgan fingerprint density at radius 1 is 1.04 bits per heavy atom. The quantitative estimate of drug-likeness (QED) is 0.631. The van der Waals surface area contributed by atoms with Crippen molar-refractivity contribution < 1.29 is 14.3 Å². The Labute approximate surface area is 168 Å². The first-order valence-corrected chi connectivity index (χ1v) is 10.2. The number of aryl methyl sites for hydroxylation is 1. The molecule has 0 bridgehead atoms.